The van der Waals surface area contributed by atoms with Crippen LogP contribution >= 0.6 is 11.6 Å². The highest BCUT2D eigenvalue weighted by Crippen LogP contribution is 2.16. The zero-order chi connectivity index (χ0) is 14.5. The van der Waals surface area contributed by atoms with Gasteiger partial charge in [0.05, 0.1) is 5.75 Å². The maximum absolute atomic E-state index is 11.2. The fraction of sp³-hybridized carbons (Fsp3) is 0.615. The number of alkyl halides is 1. The van der Waals surface area contributed by atoms with Crippen LogP contribution in [0.3, 0.4) is 0 Å². The molecule has 1 aromatic rings. The molecule has 0 radical (unpaired) electrons. The Morgan fingerprint density at radius 3 is 2.58 bits per heavy atom. The molecule has 0 saturated carbocycles. The molecule has 19 heavy (non-hydrogen) atoms. The van der Waals surface area contributed by atoms with Gasteiger partial charge in [-0.2, -0.15) is 0 Å². The van der Waals surface area contributed by atoms with Gasteiger partial charge in [0.2, 0.25) is 0 Å². The number of pyridine rings is 1. The molecule has 1 aromatic heterocycles. The first-order chi connectivity index (χ1) is 8.85. The van der Waals surface area contributed by atoms with Crippen molar-refractivity contribution >= 4 is 27.3 Å². The summed E-state index contributed by atoms with van der Waals surface area (Å²) < 4.78 is 22.4. The van der Waals surface area contributed by atoms with Gasteiger partial charge in [0.15, 0.2) is 0 Å². The monoisotopic (exact) mass is 304 g/mol. The average molecular weight is 305 g/mol. The minimum absolute atomic E-state index is 0.124. The van der Waals surface area contributed by atoms with E-state index in [1.165, 1.54) is 6.26 Å². The Morgan fingerprint density at radius 1 is 1.37 bits per heavy atom. The molecule has 0 bridgehead atoms. The summed E-state index contributed by atoms with van der Waals surface area (Å²) >= 11 is 5.88. The normalized spacial score (nSPS) is 11.6. The van der Waals surface area contributed by atoms with E-state index in [9.17, 15) is 8.42 Å². The minimum Gasteiger partial charge on any atom is -0.359 e. The first-order valence-corrected chi connectivity index (χ1v) is 8.90. The first kappa shape index (κ1) is 16.2. The van der Waals surface area contributed by atoms with E-state index in [0.717, 1.165) is 29.9 Å². The number of aromatic nitrogens is 1. The van der Waals surface area contributed by atoms with E-state index in [4.69, 9.17) is 11.6 Å². The van der Waals surface area contributed by atoms with Crippen LogP contribution in [0.4, 0.5) is 5.82 Å². The molecular formula is C13H21ClN2O2S. The number of hydrogen-bond acceptors (Lipinski definition) is 4. The summed E-state index contributed by atoms with van der Waals surface area (Å²) in [6.45, 7) is 2.53. The van der Waals surface area contributed by atoms with Crippen LogP contribution in [0.1, 0.15) is 24.6 Å². The molecular weight excluding hydrogens is 284 g/mol. The van der Waals surface area contributed by atoms with E-state index in [1.807, 2.05) is 24.1 Å². The highest BCUT2D eigenvalue weighted by molar-refractivity contribution is 7.90. The quantitative estimate of drug-likeness (QED) is 0.725. The molecule has 0 aliphatic heterocycles. The Hall–Kier alpha value is -0.810. The third-order valence-electron chi connectivity index (χ3n) is 2.77. The van der Waals surface area contributed by atoms with Crippen molar-refractivity contribution in [3.05, 3.63) is 23.4 Å². The molecule has 0 amide bonds. The van der Waals surface area contributed by atoms with Gasteiger partial charge in [0.1, 0.15) is 15.7 Å². The van der Waals surface area contributed by atoms with E-state index in [2.05, 4.69) is 11.9 Å². The summed E-state index contributed by atoms with van der Waals surface area (Å²) in [6.07, 6.45) is 3.16. The molecule has 0 atom stereocenters. The standard InChI is InChI=1S/C13H21ClN2O2S/c1-4-5-12-8-11(10-14)9-13(15-12)16(2)6-7-19(3,17)18/h8-9H,4-7,10H2,1-3H3. The number of nitrogens with zero attached hydrogens (tertiary/aromatic N) is 2. The SMILES string of the molecule is CCCc1cc(CCl)cc(N(C)CCS(C)(=O)=O)n1. The summed E-state index contributed by atoms with van der Waals surface area (Å²) in [5.74, 6) is 1.34. The lowest BCUT2D eigenvalue weighted by molar-refractivity contribution is 0.601. The van der Waals surface area contributed by atoms with Gasteiger partial charge in [0, 0.05) is 31.4 Å². The summed E-state index contributed by atoms with van der Waals surface area (Å²) in [5.41, 5.74) is 2.02. The fourth-order valence-corrected chi connectivity index (χ4v) is 2.47. The molecule has 0 spiro atoms. The molecule has 0 saturated heterocycles. The molecule has 6 heteroatoms. The van der Waals surface area contributed by atoms with Crippen LogP contribution in [-0.4, -0.2) is 39.0 Å². The predicted octanol–water partition coefficient (Wildman–Crippen LogP) is 2.25. The van der Waals surface area contributed by atoms with Gasteiger partial charge in [-0.3, -0.25) is 0 Å². The highest BCUT2D eigenvalue weighted by Gasteiger charge is 2.09. The van der Waals surface area contributed by atoms with Gasteiger partial charge in [-0.1, -0.05) is 13.3 Å². The number of rotatable bonds is 7. The molecule has 108 valence electrons. The van der Waals surface area contributed by atoms with Gasteiger partial charge in [-0.15, -0.1) is 11.6 Å². The molecule has 0 aliphatic carbocycles. The van der Waals surface area contributed by atoms with E-state index >= 15 is 0 Å². The fourth-order valence-electron chi connectivity index (χ4n) is 1.71. The maximum atomic E-state index is 11.2. The van der Waals surface area contributed by atoms with Crippen LogP contribution in [0, 0.1) is 0 Å². The van der Waals surface area contributed by atoms with Gasteiger partial charge in [0.25, 0.3) is 0 Å². The molecule has 0 unspecified atom stereocenters. The third kappa shape index (κ3) is 5.78. The number of anilines is 1. The molecule has 0 fully saturated rings. The predicted molar refractivity (Wildman–Crippen MR) is 80.8 cm³/mol. The van der Waals surface area contributed by atoms with Crippen LogP contribution in [-0.2, 0) is 22.1 Å². The summed E-state index contributed by atoms with van der Waals surface area (Å²) in [5, 5.41) is 0. The van der Waals surface area contributed by atoms with Gasteiger partial charge in [-0.25, -0.2) is 13.4 Å². The lowest BCUT2D eigenvalue weighted by atomic mass is 10.2. The van der Waals surface area contributed by atoms with E-state index in [0.29, 0.717) is 12.4 Å². The number of aryl methyl sites for hydroxylation is 1. The second-order valence-corrected chi connectivity index (χ2v) is 7.29. The largest absolute Gasteiger partial charge is 0.359 e. The Labute approximate surface area is 120 Å². The molecule has 1 rings (SSSR count). The summed E-state index contributed by atoms with van der Waals surface area (Å²) in [4.78, 5) is 6.40. The Kier molecular flexibility index (Phi) is 6.07. The van der Waals surface area contributed by atoms with Crippen molar-refractivity contribution < 1.29 is 8.42 Å². The van der Waals surface area contributed by atoms with Crippen LogP contribution in [0.15, 0.2) is 12.1 Å². The maximum Gasteiger partial charge on any atom is 0.149 e. The minimum atomic E-state index is -2.96. The first-order valence-electron chi connectivity index (χ1n) is 6.30. The summed E-state index contributed by atoms with van der Waals surface area (Å²) in [7, 11) is -1.11. The third-order valence-corrected chi connectivity index (χ3v) is 4.01. The second-order valence-electron chi connectivity index (χ2n) is 4.76. The number of halogens is 1. The Bertz CT molecular complexity index is 517. The van der Waals surface area contributed by atoms with Crippen molar-refractivity contribution in [1.82, 2.24) is 4.98 Å². The molecule has 0 aliphatic rings. The number of sulfone groups is 1. The lowest BCUT2D eigenvalue weighted by Crippen LogP contribution is -2.26. The zero-order valence-electron chi connectivity index (χ0n) is 11.7. The van der Waals surface area contributed by atoms with Crippen molar-refractivity contribution in [2.24, 2.45) is 0 Å². The van der Waals surface area contributed by atoms with E-state index in [-0.39, 0.29) is 5.75 Å². The highest BCUT2D eigenvalue weighted by atomic mass is 35.5. The van der Waals surface area contributed by atoms with Crippen LogP contribution in [0.2, 0.25) is 0 Å². The Balaban J connectivity index is 2.88. The molecule has 0 N–H and O–H groups in total. The topological polar surface area (TPSA) is 50.3 Å². The molecule has 0 aromatic carbocycles. The zero-order valence-corrected chi connectivity index (χ0v) is 13.3. The van der Waals surface area contributed by atoms with Gasteiger partial charge < -0.3 is 4.90 Å². The van der Waals surface area contributed by atoms with Crippen LogP contribution < -0.4 is 4.90 Å². The number of hydrogen-bond donors (Lipinski definition) is 0. The second kappa shape index (κ2) is 7.10. The molecule has 1 heterocycles. The Morgan fingerprint density at radius 2 is 2.05 bits per heavy atom. The average Bonchev–Trinajstić information content (AvgIpc) is 2.35. The summed E-state index contributed by atoms with van der Waals surface area (Å²) in [6, 6.07) is 3.92. The van der Waals surface area contributed by atoms with Crippen molar-refractivity contribution in [1.29, 1.82) is 0 Å². The van der Waals surface area contributed by atoms with Crippen LogP contribution in [0.5, 0.6) is 0 Å². The smallest absolute Gasteiger partial charge is 0.149 e. The van der Waals surface area contributed by atoms with Gasteiger partial charge in [-0.05, 0) is 24.1 Å². The molecule has 4 nitrogen and oxygen atoms in total. The van der Waals surface area contributed by atoms with Crippen molar-refractivity contribution in [2.75, 3.05) is 30.5 Å². The van der Waals surface area contributed by atoms with Crippen LogP contribution in [0.25, 0.3) is 0 Å². The van der Waals surface area contributed by atoms with E-state index < -0.39 is 9.84 Å². The van der Waals surface area contributed by atoms with Crippen molar-refractivity contribution in [3.63, 3.8) is 0 Å². The van der Waals surface area contributed by atoms with E-state index in [1.54, 1.807) is 0 Å². The van der Waals surface area contributed by atoms with Crippen molar-refractivity contribution in [3.8, 4) is 0 Å². The lowest BCUT2D eigenvalue weighted by Gasteiger charge is -2.19. The van der Waals surface area contributed by atoms with Crippen molar-refractivity contribution in [2.45, 2.75) is 25.6 Å². The van der Waals surface area contributed by atoms with Gasteiger partial charge >= 0.3 is 0 Å².